The minimum absolute atomic E-state index is 0.589. The molecule has 0 amide bonds. The topological polar surface area (TPSA) is 56.7 Å². The summed E-state index contributed by atoms with van der Waals surface area (Å²) in [4.78, 5) is 8.43. The lowest BCUT2D eigenvalue weighted by Gasteiger charge is -2.12. The third-order valence-electron chi connectivity index (χ3n) is 3.31. The molecule has 1 aliphatic rings. The predicted octanol–water partition coefficient (Wildman–Crippen LogP) is 2.73. The van der Waals surface area contributed by atoms with E-state index in [9.17, 15) is 0 Å². The van der Waals surface area contributed by atoms with Crippen LogP contribution in [0.15, 0.2) is 12.5 Å². The smallest absolute Gasteiger partial charge is 0.146 e. The molecule has 4 nitrogen and oxygen atoms in total. The fourth-order valence-electron chi connectivity index (χ4n) is 2.52. The molecule has 1 fully saturated rings. The molecular formula is C11H13IN4. The molecule has 1 aliphatic carbocycles. The maximum Gasteiger partial charge on any atom is 0.146 e. The third kappa shape index (κ3) is 1.49. The Bertz CT molecular complexity index is 528. The van der Waals surface area contributed by atoms with Gasteiger partial charge in [-0.1, -0.05) is 12.8 Å². The van der Waals surface area contributed by atoms with Gasteiger partial charge in [0.2, 0.25) is 0 Å². The highest BCUT2D eigenvalue weighted by Gasteiger charge is 2.21. The molecule has 0 atom stereocenters. The van der Waals surface area contributed by atoms with Crippen LogP contribution in [0.3, 0.4) is 0 Å². The van der Waals surface area contributed by atoms with E-state index in [1.807, 2.05) is 0 Å². The van der Waals surface area contributed by atoms with Crippen LogP contribution >= 0.6 is 22.6 Å². The van der Waals surface area contributed by atoms with Gasteiger partial charge in [-0.15, -0.1) is 0 Å². The van der Waals surface area contributed by atoms with Gasteiger partial charge < -0.3 is 10.3 Å². The minimum Gasteiger partial charge on any atom is -0.383 e. The number of aromatic nitrogens is 3. The number of rotatable bonds is 1. The van der Waals surface area contributed by atoms with Crippen molar-refractivity contribution in [3.05, 3.63) is 16.1 Å². The van der Waals surface area contributed by atoms with E-state index < -0.39 is 0 Å². The lowest BCUT2D eigenvalue weighted by molar-refractivity contribution is 0.531. The Morgan fingerprint density at radius 1 is 1.31 bits per heavy atom. The molecule has 2 heterocycles. The van der Waals surface area contributed by atoms with Crippen LogP contribution in [-0.4, -0.2) is 14.5 Å². The molecule has 5 heteroatoms. The lowest BCUT2D eigenvalue weighted by Crippen LogP contribution is -2.04. The van der Waals surface area contributed by atoms with Gasteiger partial charge >= 0.3 is 0 Å². The van der Waals surface area contributed by atoms with Gasteiger partial charge in [-0.25, -0.2) is 9.97 Å². The highest BCUT2D eigenvalue weighted by atomic mass is 127. The average Bonchev–Trinajstić information content (AvgIpc) is 2.86. The first-order valence-corrected chi connectivity index (χ1v) is 6.62. The summed E-state index contributed by atoms with van der Waals surface area (Å²) in [7, 11) is 0. The molecule has 0 unspecified atom stereocenters. The van der Waals surface area contributed by atoms with E-state index in [2.05, 4.69) is 43.3 Å². The molecular weight excluding hydrogens is 315 g/mol. The predicted molar refractivity (Wildman–Crippen MR) is 72.2 cm³/mol. The molecule has 1 saturated carbocycles. The highest BCUT2D eigenvalue weighted by Crippen LogP contribution is 2.34. The summed E-state index contributed by atoms with van der Waals surface area (Å²) >= 11 is 2.31. The first-order chi connectivity index (χ1) is 7.77. The van der Waals surface area contributed by atoms with Crippen LogP contribution in [0.1, 0.15) is 31.7 Å². The fourth-order valence-corrected chi connectivity index (χ4v) is 3.34. The Kier molecular flexibility index (Phi) is 2.49. The summed E-state index contributed by atoms with van der Waals surface area (Å²) in [5, 5.41) is 1.01. The second kappa shape index (κ2) is 3.87. The third-order valence-corrected chi connectivity index (χ3v) is 4.13. The van der Waals surface area contributed by atoms with E-state index in [0.717, 1.165) is 14.6 Å². The lowest BCUT2D eigenvalue weighted by atomic mass is 10.2. The minimum atomic E-state index is 0.589. The van der Waals surface area contributed by atoms with Gasteiger partial charge in [-0.3, -0.25) is 0 Å². The largest absolute Gasteiger partial charge is 0.383 e. The SMILES string of the molecule is Nc1ncnc2c1c(I)cn2C1CCCC1. The highest BCUT2D eigenvalue weighted by molar-refractivity contribution is 14.1. The van der Waals surface area contributed by atoms with Crippen LogP contribution in [0.5, 0.6) is 0 Å². The molecule has 2 N–H and O–H groups in total. The van der Waals surface area contributed by atoms with E-state index >= 15 is 0 Å². The van der Waals surface area contributed by atoms with Crippen molar-refractivity contribution in [1.29, 1.82) is 0 Å². The van der Waals surface area contributed by atoms with E-state index in [0.29, 0.717) is 11.9 Å². The van der Waals surface area contributed by atoms with Gasteiger partial charge in [0.1, 0.15) is 17.8 Å². The fraction of sp³-hybridized carbons (Fsp3) is 0.455. The Balaban J connectivity index is 2.22. The Morgan fingerprint density at radius 2 is 2.06 bits per heavy atom. The van der Waals surface area contributed by atoms with Crippen molar-refractivity contribution in [3.8, 4) is 0 Å². The number of anilines is 1. The standard InChI is InChI=1S/C11H13IN4/c12-8-5-16(7-3-1-2-4-7)11-9(8)10(13)14-6-15-11/h5-7H,1-4H2,(H2,13,14,15). The van der Waals surface area contributed by atoms with Gasteiger partial charge in [0.25, 0.3) is 0 Å². The quantitative estimate of drug-likeness (QED) is 0.819. The number of fused-ring (bicyclic) bond motifs is 1. The second-order valence-corrected chi connectivity index (χ2v) is 5.44. The zero-order valence-corrected chi connectivity index (χ0v) is 11.0. The van der Waals surface area contributed by atoms with Crippen LogP contribution in [0, 0.1) is 3.57 Å². The Labute approximate surface area is 107 Å². The molecule has 3 rings (SSSR count). The number of nitrogen functional groups attached to an aromatic ring is 1. The van der Waals surface area contributed by atoms with Gasteiger partial charge in [0.15, 0.2) is 0 Å². The van der Waals surface area contributed by atoms with E-state index in [4.69, 9.17) is 5.73 Å². The Hall–Kier alpha value is -0.850. The van der Waals surface area contributed by atoms with Crippen LogP contribution in [0.2, 0.25) is 0 Å². The van der Waals surface area contributed by atoms with Crippen molar-refractivity contribution in [2.45, 2.75) is 31.7 Å². The zero-order valence-electron chi connectivity index (χ0n) is 8.86. The molecule has 84 valence electrons. The van der Waals surface area contributed by atoms with Crippen molar-refractivity contribution in [2.75, 3.05) is 5.73 Å². The number of halogens is 1. The van der Waals surface area contributed by atoms with Crippen molar-refractivity contribution in [3.63, 3.8) is 0 Å². The monoisotopic (exact) mass is 328 g/mol. The molecule has 0 bridgehead atoms. The molecule has 0 aromatic carbocycles. The zero-order chi connectivity index (χ0) is 11.1. The maximum absolute atomic E-state index is 5.90. The molecule has 0 saturated heterocycles. The van der Waals surface area contributed by atoms with Crippen molar-refractivity contribution in [2.24, 2.45) is 0 Å². The summed E-state index contributed by atoms with van der Waals surface area (Å²) in [5.74, 6) is 0.589. The molecule has 0 spiro atoms. The summed E-state index contributed by atoms with van der Waals surface area (Å²) in [5.41, 5.74) is 6.89. The summed E-state index contributed by atoms with van der Waals surface area (Å²) < 4.78 is 3.43. The van der Waals surface area contributed by atoms with Crippen LogP contribution in [0.4, 0.5) is 5.82 Å². The summed E-state index contributed by atoms with van der Waals surface area (Å²) in [6.07, 6.45) is 8.86. The van der Waals surface area contributed by atoms with Crippen LogP contribution in [0.25, 0.3) is 11.0 Å². The van der Waals surface area contributed by atoms with Crippen molar-refractivity contribution < 1.29 is 0 Å². The van der Waals surface area contributed by atoms with Crippen molar-refractivity contribution >= 4 is 39.4 Å². The molecule has 2 aromatic rings. The maximum atomic E-state index is 5.90. The van der Waals surface area contributed by atoms with Gasteiger partial charge in [0.05, 0.1) is 5.39 Å². The first kappa shape index (κ1) is 10.3. The average molecular weight is 328 g/mol. The van der Waals surface area contributed by atoms with E-state index in [1.54, 1.807) is 6.33 Å². The number of hydrogen-bond donors (Lipinski definition) is 1. The number of nitrogens with zero attached hydrogens (tertiary/aromatic N) is 3. The second-order valence-electron chi connectivity index (χ2n) is 4.28. The summed E-state index contributed by atoms with van der Waals surface area (Å²) in [6, 6.07) is 0.598. The van der Waals surface area contributed by atoms with Crippen LogP contribution in [-0.2, 0) is 0 Å². The first-order valence-electron chi connectivity index (χ1n) is 5.54. The molecule has 2 aromatic heterocycles. The normalized spacial score (nSPS) is 17.3. The van der Waals surface area contributed by atoms with Gasteiger partial charge in [-0.2, -0.15) is 0 Å². The van der Waals surface area contributed by atoms with Crippen LogP contribution < -0.4 is 5.73 Å². The van der Waals surface area contributed by atoms with Gasteiger partial charge in [0, 0.05) is 15.8 Å². The molecule has 0 aliphatic heterocycles. The van der Waals surface area contributed by atoms with E-state index in [-0.39, 0.29) is 0 Å². The number of hydrogen-bond acceptors (Lipinski definition) is 3. The summed E-state index contributed by atoms with van der Waals surface area (Å²) in [6.45, 7) is 0. The number of nitrogens with two attached hydrogens (primary N) is 1. The molecule has 0 radical (unpaired) electrons. The van der Waals surface area contributed by atoms with E-state index in [1.165, 1.54) is 25.7 Å². The molecule has 16 heavy (non-hydrogen) atoms. The Morgan fingerprint density at radius 3 is 2.81 bits per heavy atom. The van der Waals surface area contributed by atoms with Gasteiger partial charge in [-0.05, 0) is 35.4 Å². The van der Waals surface area contributed by atoms with Crippen molar-refractivity contribution in [1.82, 2.24) is 14.5 Å².